The van der Waals surface area contributed by atoms with Crippen LogP contribution in [0.15, 0.2) is 36.7 Å². The van der Waals surface area contributed by atoms with Crippen molar-refractivity contribution in [3.63, 3.8) is 0 Å². The van der Waals surface area contributed by atoms with Crippen molar-refractivity contribution in [2.45, 2.75) is 63.6 Å². The number of aliphatic hydroxyl groups excluding tert-OH is 1. The predicted molar refractivity (Wildman–Crippen MR) is 140 cm³/mol. The van der Waals surface area contributed by atoms with Gasteiger partial charge in [-0.1, -0.05) is 12.8 Å². The Bertz CT molecular complexity index is 1290. The number of nitrogens with one attached hydrogen (secondary N) is 1. The molecule has 3 aromatic heterocycles. The third-order valence-electron chi connectivity index (χ3n) is 6.67. The molecule has 0 amide bonds. The zero-order valence-electron chi connectivity index (χ0n) is 21.5. The molecule has 1 fully saturated rings. The minimum absolute atomic E-state index is 0.0121. The third-order valence-corrected chi connectivity index (χ3v) is 7.89. The lowest BCUT2D eigenvalue weighted by Crippen LogP contribution is -2.25. The lowest BCUT2D eigenvalue weighted by atomic mass is 9.92. The highest BCUT2D eigenvalue weighted by Crippen LogP contribution is 2.40. The summed E-state index contributed by atoms with van der Waals surface area (Å²) in [7, 11) is 0. The smallest absolute Gasteiger partial charge is 0.416 e. The van der Waals surface area contributed by atoms with E-state index in [4.69, 9.17) is 9.84 Å². The third kappa shape index (κ3) is 7.52. The maximum atomic E-state index is 13.1. The first-order valence-electron chi connectivity index (χ1n) is 12.8. The molecule has 1 saturated carbocycles. The van der Waals surface area contributed by atoms with E-state index in [0.29, 0.717) is 53.5 Å². The van der Waals surface area contributed by atoms with Crippen molar-refractivity contribution in [2.24, 2.45) is 5.92 Å². The summed E-state index contributed by atoms with van der Waals surface area (Å²) in [4.78, 5) is 26.1. The average molecular weight is 565 g/mol. The number of halogens is 3. The molecule has 0 spiro atoms. The van der Waals surface area contributed by atoms with Crippen LogP contribution in [0.3, 0.4) is 0 Å². The molecule has 2 atom stereocenters. The summed E-state index contributed by atoms with van der Waals surface area (Å²) in [6.45, 7) is 1.63. The number of ether oxygens (including phenoxy) is 1. The minimum atomic E-state index is -4.48. The van der Waals surface area contributed by atoms with Crippen molar-refractivity contribution in [2.75, 3.05) is 18.5 Å². The molecular formula is C27H31F3N4O4S. The van der Waals surface area contributed by atoms with Crippen molar-refractivity contribution in [1.29, 1.82) is 0 Å². The lowest BCUT2D eigenvalue weighted by molar-refractivity contribution is -0.150. The van der Waals surface area contributed by atoms with Crippen LogP contribution in [0.4, 0.5) is 24.8 Å². The number of anilines is 2. The van der Waals surface area contributed by atoms with E-state index in [1.54, 1.807) is 12.3 Å². The second kappa shape index (κ2) is 12.4. The fourth-order valence-corrected chi connectivity index (χ4v) is 5.73. The molecule has 1 aliphatic rings. The Balaban J connectivity index is 1.49. The van der Waals surface area contributed by atoms with Crippen molar-refractivity contribution in [3.05, 3.63) is 52.8 Å². The van der Waals surface area contributed by atoms with Gasteiger partial charge in [-0.25, -0.2) is 15.0 Å². The number of nitrogens with zero attached hydrogens (tertiary/aromatic N) is 3. The van der Waals surface area contributed by atoms with E-state index in [0.717, 1.165) is 36.7 Å². The van der Waals surface area contributed by atoms with E-state index >= 15 is 0 Å². The molecule has 1 aliphatic carbocycles. The number of aliphatic hydroxyl groups is 2. The van der Waals surface area contributed by atoms with Gasteiger partial charge in [0.1, 0.15) is 28.9 Å². The van der Waals surface area contributed by atoms with Gasteiger partial charge in [-0.05, 0) is 68.9 Å². The molecule has 0 aromatic carbocycles. The molecule has 0 aliphatic heterocycles. The Morgan fingerprint density at radius 1 is 1.15 bits per heavy atom. The van der Waals surface area contributed by atoms with Crippen molar-refractivity contribution >= 4 is 28.9 Å². The number of rotatable bonds is 7. The van der Waals surface area contributed by atoms with Crippen LogP contribution >= 0.6 is 11.3 Å². The van der Waals surface area contributed by atoms with Crippen LogP contribution in [0.2, 0.25) is 0 Å². The molecule has 39 heavy (non-hydrogen) atoms. The van der Waals surface area contributed by atoms with E-state index in [1.807, 2.05) is 13.0 Å². The normalized spacial score (nSPS) is 20.5. The number of thiazole rings is 1. The fourth-order valence-electron chi connectivity index (χ4n) is 4.70. The first-order chi connectivity index (χ1) is 18.6. The van der Waals surface area contributed by atoms with E-state index in [1.165, 1.54) is 11.3 Å². The zero-order chi connectivity index (χ0) is 28.0. The number of aryl methyl sites for hydroxylation is 1. The van der Waals surface area contributed by atoms with Gasteiger partial charge in [-0.2, -0.15) is 13.2 Å². The molecule has 12 heteroatoms. The molecule has 3 N–H and O–H groups in total. The first-order valence-corrected chi connectivity index (χ1v) is 13.6. The molecule has 3 aromatic rings. The van der Waals surface area contributed by atoms with Gasteiger partial charge in [0.15, 0.2) is 0 Å². The molecule has 210 valence electrons. The van der Waals surface area contributed by atoms with Gasteiger partial charge >= 0.3 is 12.1 Å². The van der Waals surface area contributed by atoms with Gasteiger partial charge in [-0.15, -0.1) is 11.3 Å². The van der Waals surface area contributed by atoms with Gasteiger partial charge in [0.05, 0.1) is 28.7 Å². The van der Waals surface area contributed by atoms with Crippen LogP contribution in [0.25, 0.3) is 10.6 Å². The maximum absolute atomic E-state index is 13.1. The summed E-state index contributed by atoms with van der Waals surface area (Å²) >= 11 is 1.33. The number of hydrogen-bond donors (Lipinski definition) is 3. The second-order valence-electron chi connectivity index (χ2n) is 9.75. The molecule has 0 saturated heterocycles. The van der Waals surface area contributed by atoms with Gasteiger partial charge in [0, 0.05) is 12.4 Å². The van der Waals surface area contributed by atoms with E-state index < -0.39 is 17.3 Å². The lowest BCUT2D eigenvalue weighted by Gasteiger charge is -2.25. The van der Waals surface area contributed by atoms with Gasteiger partial charge in [-0.3, -0.25) is 4.79 Å². The summed E-state index contributed by atoms with van der Waals surface area (Å²) in [5, 5.41) is 23.9. The summed E-state index contributed by atoms with van der Waals surface area (Å²) in [5.74, 6) is -0.190. The van der Waals surface area contributed by atoms with Crippen molar-refractivity contribution in [3.8, 4) is 10.6 Å². The van der Waals surface area contributed by atoms with E-state index in [2.05, 4.69) is 20.3 Å². The maximum Gasteiger partial charge on any atom is 0.416 e. The molecule has 3 heterocycles. The summed E-state index contributed by atoms with van der Waals surface area (Å²) in [5.41, 5.74) is -0.535. The second-order valence-corrected chi connectivity index (χ2v) is 10.8. The average Bonchev–Trinajstić information content (AvgIpc) is 3.41. The highest BCUT2D eigenvalue weighted by molar-refractivity contribution is 7.15. The number of hydrogen-bond acceptors (Lipinski definition) is 9. The number of alkyl halides is 3. The SMILES string of the molecule is Cc1cc(Nc2cc(C(F)(F)F)ccn2)nc(-c2cnc(C3(O)CCCCC(C(=O)OCCO)CCC3)s2)c1. The molecule has 0 bridgehead atoms. The number of carbonyl (C=O) groups excluding carboxylic acids is 1. The Morgan fingerprint density at radius 2 is 1.92 bits per heavy atom. The summed E-state index contributed by atoms with van der Waals surface area (Å²) < 4.78 is 44.4. The van der Waals surface area contributed by atoms with Crippen LogP contribution in [0.1, 0.15) is 61.1 Å². The molecule has 2 unspecified atom stereocenters. The van der Waals surface area contributed by atoms with Crippen LogP contribution in [0, 0.1) is 12.8 Å². The number of esters is 1. The zero-order valence-corrected chi connectivity index (χ0v) is 22.3. The van der Waals surface area contributed by atoms with Crippen LogP contribution in [-0.4, -0.2) is 44.3 Å². The highest BCUT2D eigenvalue weighted by atomic mass is 32.1. The van der Waals surface area contributed by atoms with Crippen molar-refractivity contribution in [1.82, 2.24) is 15.0 Å². The fraction of sp³-hybridized carbons (Fsp3) is 0.481. The largest absolute Gasteiger partial charge is 0.463 e. The molecule has 0 radical (unpaired) electrons. The standard InChI is InChI=1S/C27H31F3N4O4S/c1-17-13-20(33-23(14-17)34-22-15-19(7-10-31-22)27(28,29)30)21-16-32-25(39-21)26(37)8-3-2-5-18(6-4-9-26)24(36)38-12-11-35/h7,10,13-16,18,35,37H,2-6,8-9,11-12H2,1H3,(H,31,33,34). The Kier molecular flexibility index (Phi) is 9.19. The van der Waals surface area contributed by atoms with Gasteiger partial charge in [0.2, 0.25) is 0 Å². The minimum Gasteiger partial charge on any atom is -0.463 e. The van der Waals surface area contributed by atoms with Gasteiger partial charge in [0.25, 0.3) is 0 Å². The summed E-state index contributed by atoms with van der Waals surface area (Å²) in [6, 6.07) is 5.39. The van der Waals surface area contributed by atoms with E-state index in [9.17, 15) is 23.1 Å². The monoisotopic (exact) mass is 564 g/mol. The molecular weight excluding hydrogens is 533 g/mol. The molecule has 8 nitrogen and oxygen atoms in total. The Morgan fingerprint density at radius 3 is 2.69 bits per heavy atom. The topological polar surface area (TPSA) is 117 Å². The van der Waals surface area contributed by atoms with Crippen LogP contribution < -0.4 is 5.32 Å². The number of aromatic nitrogens is 3. The summed E-state index contributed by atoms with van der Waals surface area (Å²) in [6.07, 6.45) is 2.56. The number of pyridine rings is 2. The Hall–Kier alpha value is -3.09. The first kappa shape index (κ1) is 28.9. The van der Waals surface area contributed by atoms with Crippen LogP contribution in [-0.2, 0) is 21.3 Å². The predicted octanol–water partition coefficient (Wildman–Crippen LogP) is 5.75. The van der Waals surface area contributed by atoms with Crippen molar-refractivity contribution < 1.29 is 32.9 Å². The number of carbonyl (C=O) groups is 1. The quantitative estimate of drug-likeness (QED) is 0.311. The highest BCUT2D eigenvalue weighted by Gasteiger charge is 2.34. The van der Waals surface area contributed by atoms with E-state index in [-0.39, 0.29) is 30.9 Å². The van der Waals surface area contributed by atoms with Gasteiger partial charge < -0.3 is 20.3 Å². The Labute approximate surface area is 228 Å². The molecule has 4 rings (SSSR count). The van der Waals surface area contributed by atoms with Crippen LogP contribution in [0.5, 0.6) is 0 Å².